The van der Waals surface area contributed by atoms with Crippen LogP contribution in [0.1, 0.15) is 16.9 Å². The lowest BCUT2D eigenvalue weighted by Gasteiger charge is -2.07. The van der Waals surface area contributed by atoms with Crippen LogP contribution in [0.2, 0.25) is 0 Å². The highest BCUT2D eigenvalue weighted by Gasteiger charge is 2.05. The van der Waals surface area contributed by atoms with E-state index in [0.29, 0.717) is 12.2 Å². The van der Waals surface area contributed by atoms with Gasteiger partial charge in [-0.25, -0.2) is 0 Å². The number of rotatable bonds is 5. The summed E-state index contributed by atoms with van der Waals surface area (Å²) >= 11 is 0. The van der Waals surface area contributed by atoms with Gasteiger partial charge >= 0.3 is 0 Å². The Morgan fingerprint density at radius 3 is 2.46 bits per heavy atom. The smallest absolute Gasteiger partial charge is 0.228 e. The molecule has 0 aliphatic carbocycles. The van der Waals surface area contributed by atoms with E-state index >= 15 is 0 Å². The predicted molar refractivity (Wildman–Crippen MR) is 94.5 cm³/mol. The van der Waals surface area contributed by atoms with Crippen LogP contribution in [0.25, 0.3) is 0 Å². The average molecular weight is 321 g/mol. The predicted octanol–water partition coefficient (Wildman–Crippen LogP) is 4.22. The molecule has 0 bridgehead atoms. The third-order valence-electron chi connectivity index (χ3n) is 3.52. The number of hydrogen-bond donors (Lipinski definition) is 2. The van der Waals surface area contributed by atoms with Crippen molar-refractivity contribution in [1.29, 1.82) is 0 Å². The summed E-state index contributed by atoms with van der Waals surface area (Å²) < 4.78 is 5.01. The van der Waals surface area contributed by atoms with Crippen LogP contribution in [-0.4, -0.2) is 11.1 Å². The van der Waals surface area contributed by atoms with Gasteiger partial charge in [0.1, 0.15) is 5.76 Å². The van der Waals surface area contributed by atoms with Gasteiger partial charge in [0.25, 0.3) is 0 Å². The fourth-order valence-electron chi connectivity index (χ4n) is 2.42. The molecule has 3 rings (SSSR count). The molecular weight excluding hydrogens is 302 g/mol. The van der Waals surface area contributed by atoms with Gasteiger partial charge in [0.05, 0.1) is 6.42 Å². The standard InChI is InChI=1S/C19H19N3O2/c1-13-4-3-5-15(10-13)12-19(23)21-17-8-6-16(7-9-17)20-18-11-14(2)24-22-18/h3-11H,12H2,1-2H3,(H,20,22)(H,21,23). The number of benzene rings is 2. The van der Waals surface area contributed by atoms with Crippen molar-refractivity contribution in [3.05, 3.63) is 71.5 Å². The Hall–Kier alpha value is -3.08. The van der Waals surface area contributed by atoms with Crippen LogP contribution in [0.15, 0.2) is 59.1 Å². The van der Waals surface area contributed by atoms with Crippen LogP contribution in [0.3, 0.4) is 0 Å². The molecule has 1 amide bonds. The minimum atomic E-state index is -0.0339. The number of nitrogens with zero attached hydrogens (tertiary/aromatic N) is 1. The van der Waals surface area contributed by atoms with Gasteiger partial charge < -0.3 is 15.2 Å². The Bertz CT molecular complexity index is 838. The minimum absolute atomic E-state index is 0.0339. The molecule has 3 aromatic rings. The first-order chi connectivity index (χ1) is 11.6. The highest BCUT2D eigenvalue weighted by molar-refractivity contribution is 5.92. The Morgan fingerprint density at radius 2 is 1.79 bits per heavy atom. The Kier molecular flexibility index (Phi) is 4.61. The molecule has 2 N–H and O–H groups in total. The van der Waals surface area contributed by atoms with Gasteiger partial charge in [-0.3, -0.25) is 4.79 Å². The van der Waals surface area contributed by atoms with Gasteiger partial charge in [0.15, 0.2) is 5.82 Å². The first-order valence-electron chi connectivity index (χ1n) is 7.74. The third-order valence-corrected chi connectivity index (χ3v) is 3.52. The van der Waals surface area contributed by atoms with Crippen LogP contribution < -0.4 is 10.6 Å². The van der Waals surface area contributed by atoms with E-state index in [-0.39, 0.29) is 5.91 Å². The SMILES string of the molecule is Cc1cccc(CC(=O)Nc2ccc(Nc3cc(C)on3)cc2)c1. The molecule has 1 aromatic heterocycles. The third kappa shape index (κ3) is 4.23. The van der Waals surface area contributed by atoms with E-state index in [4.69, 9.17) is 4.52 Å². The topological polar surface area (TPSA) is 67.2 Å². The lowest BCUT2D eigenvalue weighted by atomic mass is 10.1. The molecule has 1 heterocycles. The van der Waals surface area contributed by atoms with Crippen molar-refractivity contribution in [3.8, 4) is 0 Å². The number of aryl methyl sites for hydroxylation is 2. The largest absolute Gasteiger partial charge is 0.360 e. The van der Waals surface area contributed by atoms with E-state index in [9.17, 15) is 4.79 Å². The van der Waals surface area contributed by atoms with Gasteiger partial charge in [-0.05, 0) is 43.7 Å². The zero-order valence-electron chi connectivity index (χ0n) is 13.7. The highest BCUT2D eigenvalue weighted by Crippen LogP contribution is 2.19. The van der Waals surface area contributed by atoms with Gasteiger partial charge in [0.2, 0.25) is 5.91 Å². The molecule has 0 aliphatic rings. The van der Waals surface area contributed by atoms with Crippen molar-refractivity contribution in [2.75, 3.05) is 10.6 Å². The van der Waals surface area contributed by atoms with Gasteiger partial charge in [0, 0.05) is 17.4 Å². The summed E-state index contributed by atoms with van der Waals surface area (Å²) in [6.07, 6.45) is 0.361. The van der Waals surface area contributed by atoms with Gasteiger partial charge in [-0.15, -0.1) is 0 Å². The Balaban J connectivity index is 1.58. The van der Waals surface area contributed by atoms with Crippen molar-refractivity contribution in [1.82, 2.24) is 5.16 Å². The zero-order valence-corrected chi connectivity index (χ0v) is 13.7. The number of carbonyl (C=O) groups is 1. The van der Waals surface area contributed by atoms with Crippen LogP contribution in [-0.2, 0) is 11.2 Å². The monoisotopic (exact) mass is 321 g/mol. The molecular formula is C19H19N3O2. The van der Waals surface area contributed by atoms with E-state index in [1.54, 1.807) is 0 Å². The number of anilines is 3. The molecule has 5 nitrogen and oxygen atoms in total. The highest BCUT2D eigenvalue weighted by atomic mass is 16.5. The molecule has 0 saturated heterocycles. The maximum absolute atomic E-state index is 12.1. The normalized spacial score (nSPS) is 10.4. The number of aromatic nitrogens is 1. The molecule has 122 valence electrons. The Morgan fingerprint density at radius 1 is 1.04 bits per heavy atom. The maximum Gasteiger partial charge on any atom is 0.228 e. The quantitative estimate of drug-likeness (QED) is 0.738. The Labute approximate surface area is 140 Å². The average Bonchev–Trinajstić information content (AvgIpc) is 2.94. The van der Waals surface area contributed by atoms with E-state index in [1.807, 2.05) is 68.4 Å². The summed E-state index contributed by atoms with van der Waals surface area (Å²) in [4.78, 5) is 12.1. The van der Waals surface area contributed by atoms with E-state index in [1.165, 1.54) is 0 Å². The van der Waals surface area contributed by atoms with E-state index in [0.717, 1.165) is 28.3 Å². The van der Waals surface area contributed by atoms with Gasteiger partial charge in [-0.2, -0.15) is 0 Å². The molecule has 0 spiro atoms. The molecule has 0 atom stereocenters. The maximum atomic E-state index is 12.1. The summed E-state index contributed by atoms with van der Waals surface area (Å²) in [5.41, 5.74) is 3.79. The molecule has 24 heavy (non-hydrogen) atoms. The van der Waals surface area contributed by atoms with Crippen LogP contribution in [0, 0.1) is 13.8 Å². The van der Waals surface area contributed by atoms with Crippen molar-refractivity contribution < 1.29 is 9.32 Å². The lowest BCUT2D eigenvalue weighted by Crippen LogP contribution is -2.14. The second-order valence-electron chi connectivity index (χ2n) is 5.74. The van der Waals surface area contributed by atoms with Gasteiger partial charge in [-0.1, -0.05) is 35.0 Å². The van der Waals surface area contributed by atoms with Crippen LogP contribution >= 0.6 is 0 Å². The molecule has 0 saturated carbocycles. The van der Waals surface area contributed by atoms with Crippen molar-refractivity contribution in [2.45, 2.75) is 20.3 Å². The molecule has 0 radical (unpaired) electrons. The summed E-state index contributed by atoms with van der Waals surface area (Å²) in [7, 11) is 0. The second-order valence-corrected chi connectivity index (χ2v) is 5.74. The van der Waals surface area contributed by atoms with Crippen LogP contribution in [0.5, 0.6) is 0 Å². The van der Waals surface area contributed by atoms with Crippen molar-refractivity contribution >= 4 is 23.1 Å². The molecule has 0 fully saturated rings. The summed E-state index contributed by atoms with van der Waals surface area (Å²) in [5.74, 6) is 1.37. The number of carbonyl (C=O) groups excluding carboxylic acids is 1. The number of amides is 1. The van der Waals surface area contributed by atoms with Crippen molar-refractivity contribution in [3.63, 3.8) is 0 Å². The fraction of sp³-hybridized carbons (Fsp3) is 0.158. The fourth-order valence-corrected chi connectivity index (χ4v) is 2.42. The molecule has 0 unspecified atom stereocenters. The number of hydrogen-bond acceptors (Lipinski definition) is 4. The van der Waals surface area contributed by atoms with E-state index < -0.39 is 0 Å². The summed E-state index contributed by atoms with van der Waals surface area (Å²) in [6.45, 7) is 3.86. The first kappa shape index (κ1) is 15.8. The van der Waals surface area contributed by atoms with Crippen LogP contribution in [0.4, 0.5) is 17.2 Å². The van der Waals surface area contributed by atoms with Crippen molar-refractivity contribution in [2.24, 2.45) is 0 Å². The molecule has 5 heteroatoms. The molecule has 0 aliphatic heterocycles. The lowest BCUT2D eigenvalue weighted by molar-refractivity contribution is -0.115. The number of nitrogens with one attached hydrogen (secondary N) is 2. The second kappa shape index (κ2) is 7.00. The molecule has 2 aromatic carbocycles. The van der Waals surface area contributed by atoms with E-state index in [2.05, 4.69) is 15.8 Å². The first-order valence-corrected chi connectivity index (χ1v) is 7.74. The summed E-state index contributed by atoms with van der Waals surface area (Å²) in [6, 6.07) is 17.2. The summed E-state index contributed by atoms with van der Waals surface area (Å²) in [5, 5.41) is 9.92. The zero-order chi connectivity index (χ0) is 16.9. The minimum Gasteiger partial charge on any atom is -0.360 e.